The number of nitrogens with one attached hydrogen (secondary N) is 1. The molecule has 1 aliphatic rings. The molecule has 3 aromatic rings. The van der Waals surface area contributed by atoms with Crippen LogP contribution in [0, 0.1) is 0 Å². The van der Waals surface area contributed by atoms with Crippen LogP contribution in [0.25, 0.3) is 0 Å². The summed E-state index contributed by atoms with van der Waals surface area (Å²) in [6.07, 6.45) is 2.28. The number of fused-ring (bicyclic) bond motifs is 1. The minimum atomic E-state index is -0.241. The van der Waals surface area contributed by atoms with Crippen molar-refractivity contribution in [2.24, 2.45) is 0 Å². The highest BCUT2D eigenvalue weighted by molar-refractivity contribution is 7.09. The number of carbonyl (C=O) groups excluding carboxylic acids is 1. The van der Waals surface area contributed by atoms with Crippen molar-refractivity contribution in [3.05, 3.63) is 69.5 Å². The molecular formula is C21H24N4O2S. The lowest BCUT2D eigenvalue weighted by molar-refractivity contribution is -0.127. The van der Waals surface area contributed by atoms with E-state index in [4.69, 9.17) is 4.52 Å². The fraction of sp³-hybridized carbons (Fsp3) is 0.381. The molecule has 4 rings (SSSR count). The Morgan fingerprint density at radius 2 is 2.14 bits per heavy atom. The van der Waals surface area contributed by atoms with Crippen molar-refractivity contribution >= 4 is 17.2 Å². The van der Waals surface area contributed by atoms with Crippen LogP contribution in [-0.2, 0) is 37.1 Å². The summed E-state index contributed by atoms with van der Waals surface area (Å²) in [5, 5.41) is 9.15. The van der Waals surface area contributed by atoms with Gasteiger partial charge in [-0.1, -0.05) is 42.4 Å². The maximum Gasteiger partial charge on any atom is 0.240 e. The number of benzene rings is 1. The van der Waals surface area contributed by atoms with E-state index in [0.29, 0.717) is 37.8 Å². The molecule has 146 valence electrons. The van der Waals surface area contributed by atoms with Gasteiger partial charge >= 0.3 is 0 Å². The van der Waals surface area contributed by atoms with Gasteiger partial charge in [-0.2, -0.15) is 4.98 Å². The normalized spacial score (nSPS) is 16.7. The van der Waals surface area contributed by atoms with Gasteiger partial charge in [0.05, 0.1) is 12.6 Å². The molecule has 0 saturated heterocycles. The molecule has 0 fully saturated rings. The van der Waals surface area contributed by atoms with Crippen LogP contribution < -0.4 is 5.32 Å². The van der Waals surface area contributed by atoms with E-state index in [1.807, 2.05) is 25.1 Å². The zero-order valence-electron chi connectivity index (χ0n) is 15.9. The minimum Gasteiger partial charge on any atom is -0.354 e. The summed E-state index contributed by atoms with van der Waals surface area (Å²) in [7, 11) is 0. The van der Waals surface area contributed by atoms with Crippen molar-refractivity contribution in [3.63, 3.8) is 0 Å². The summed E-state index contributed by atoms with van der Waals surface area (Å²) in [6.45, 7) is 3.81. The summed E-state index contributed by atoms with van der Waals surface area (Å²) < 4.78 is 5.37. The number of thiophene rings is 1. The Balaban J connectivity index is 1.46. The lowest BCUT2D eigenvalue weighted by Crippen LogP contribution is -2.50. The van der Waals surface area contributed by atoms with Crippen LogP contribution in [0.15, 0.2) is 46.3 Å². The van der Waals surface area contributed by atoms with Gasteiger partial charge in [0.2, 0.25) is 11.8 Å². The Morgan fingerprint density at radius 3 is 2.89 bits per heavy atom. The average Bonchev–Trinajstić information content (AvgIpc) is 3.39. The zero-order valence-corrected chi connectivity index (χ0v) is 16.7. The SMILES string of the molecule is CCc1noc(CN2Cc3ccccc3CC2C(=O)NCCc2cccs2)n1. The first-order chi connectivity index (χ1) is 13.7. The quantitative estimate of drug-likeness (QED) is 0.665. The number of carbonyl (C=O) groups is 1. The van der Waals surface area contributed by atoms with Crippen LogP contribution in [0.3, 0.4) is 0 Å². The number of rotatable bonds is 7. The molecule has 1 atom stereocenters. The van der Waals surface area contributed by atoms with E-state index in [2.05, 4.69) is 43.9 Å². The number of nitrogens with zero attached hydrogens (tertiary/aromatic N) is 3. The number of hydrogen-bond acceptors (Lipinski definition) is 6. The summed E-state index contributed by atoms with van der Waals surface area (Å²) in [5.74, 6) is 1.32. The Morgan fingerprint density at radius 1 is 1.29 bits per heavy atom. The first-order valence-electron chi connectivity index (χ1n) is 9.65. The summed E-state index contributed by atoms with van der Waals surface area (Å²) in [6, 6.07) is 12.2. The predicted octanol–water partition coefficient (Wildman–Crippen LogP) is 2.98. The van der Waals surface area contributed by atoms with E-state index in [0.717, 1.165) is 12.8 Å². The number of aromatic nitrogens is 2. The molecule has 6 nitrogen and oxygen atoms in total. The van der Waals surface area contributed by atoms with Crippen molar-refractivity contribution in [1.82, 2.24) is 20.4 Å². The van der Waals surface area contributed by atoms with Gasteiger partial charge in [0.25, 0.3) is 0 Å². The van der Waals surface area contributed by atoms with Gasteiger partial charge in [0.15, 0.2) is 5.82 Å². The van der Waals surface area contributed by atoms with Crippen molar-refractivity contribution in [2.45, 2.75) is 45.3 Å². The third-order valence-electron chi connectivity index (χ3n) is 5.06. The molecule has 3 heterocycles. The van der Waals surface area contributed by atoms with Gasteiger partial charge < -0.3 is 9.84 Å². The Hall–Kier alpha value is -2.51. The second-order valence-electron chi connectivity index (χ2n) is 6.97. The van der Waals surface area contributed by atoms with Gasteiger partial charge in [-0.15, -0.1) is 11.3 Å². The van der Waals surface area contributed by atoms with E-state index >= 15 is 0 Å². The molecule has 1 amide bonds. The summed E-state index contributed by atoms with van der Waals surface area (Å²) >= 11 is 1.72. The second kappa shape index (κ2) is 8.67. The van der Waals surface area contributed by atoms with Crippen LogP contribution >= 0.6 is 11.3 Å². The topological polar surface area (TPSA) is 71.3 Å². The molecule has 0 spiro atoms. The molecule has 0 aliphatic carbocycles. The first kappa shape index (κ1) is 18.8. The molecule has 1 N–H and O–H groups in total. The van der Waals surface area contributed by atoms with E-state index < -0.39 is 0 Å². The van der Waals surface area contributed by atoms with Gasteiger partial charge in [-0.25, -0.2) is 0 Å². The molecular weight excluding hydrogens is 372 g/mol. The first-order valence-corrected chi connectivity index (χ1v) is 10.5. The maximum absolute atomic E-state index is 13.0. The highest BCUT2D eigenvalue weighted by Crippen LogP contribution is 2.25. The molecule has 0 bridgehead atoms. The van der Waals surface area contributed by atoms with Crippen LogP contribution in [-0.4, -0.2) is 33.5 Å². The number of hydrogen-bond donors (Lipinski definition) is 1. The largest absolute Gasteiger partial charge is 0.354 e. The third kappa shape index (κ3) is 4.31. The molecule has 2 aromatic heterocycles. The monoisotopic (exact) mass is 396 g/mol. The average molecular weight is 397 g/mol. The van der Waals surface area contributed by atoms with Crippen molar-refractivity contribution < 1.29 is 9.32 Å². The lowest BCUT2D eigenvalue weighted by atomic mass is 9.93. The number of amides is 1. The van der Waals surface area contributed by atoms with Crippen molar-refractivity contribution in [2.75, 3.05) is 6.54 Å². The molecule has 1 unspecified atom stereocenters. The number of aryl methyl sites for hydroxylation is 1. The smallest absolute Gasteiger partial charge is 0.240 e. The molecule has 0 saturated carbocycles. The van der Waals surface area contributed by atoms with Crippen LogP contribution in [0.5, 0.6) is 0 Å². The van der Waals surface area contributed by atoms with Gasteiger partial charge in [0.1, 0.15) is 0 Å². The molecule has 7 heteroatoms. The van der Waals surface area contributed by atoms with Crippen molar-refractivity contribution in [3.8, 4) is 0 Å². The van der Waals surface area contributed by atoms with Crippen LogP contribution in [0.4, 0.5) is 0 Å². The lowest BCUT2D eigenvalue weighted by Gasteiger charge is -2.35. The van der Waals surface area contributed by atoms with Gasteiger partial charge in [-0.3, -0.25) is 9.69 Å². The highest BCUT2D eigenvalue weighted by atomic mass is 32.1. The van der Waals surface area contributed by atoms with Crippen molar-refractivity contribution in [1.29, 1.82) is 0 Å². The van der Waals surface area contributed by atoms with E-state index in [9.17, 15) is 4.79 Å². The summed E-state index contributed by atoms with van der Waals surface area (Å²) in [4.78, 5) is 20.8. The van der Waals surface area contributed by atoms with E-state index in [1.54, 1.807) is 11.3 Å². The van der Waals surface area contributed by atoms with Gasteiger partial charge in [-0.05, 0) is 35.4 Å². The highest BCUT2D eigenvalue weighted by Gasteiger charge is 2.32. The molecule has 28 heavy (non-hydrogen) atoms. The Kier molecular flexibility index (Phi) is 5.83. The summed E-state index contributed by atoms with van der Waals surface area (Å²) in [5.41, 5.74) is 2.48. The second-order valence-corrected chi connectivity index (χ2v) is 8.00. The predicted molar refractivity (Wildman–Crippen MR) is 108 cm³/mol. The zero-order chi connectivity index (χ0) is 19.3. The Labute approximate surface area is 168 Å². The standard InChI is InChI=1S/C21H24N4O2S/c1-2-19-23-20(27-24-19)14-25-13-16-7-4-3-6-15(16)12-18(25)21(26)22-10-9-17-8-5-11-28-17/h3-8,11,18H,2,9-10,12-14H2,1H3,(H,22,26). The Bertz CT molecular complexity index is 922. The van der Waals surface area contributed by atoms with Crippen LogP contribution in [0.1, 0.15) is 34.6 Å². The fourth-order valence-electron chi connectivity index (χ4n) is 3.56. The van der Waals surface area contributed by atoms with E-state index in [1.165, 1.54) is 16.0 Å². The van der Waals surface area contributed by atoms with E-state index in [-0.39, 0.29) is 11.9 Å². The fourth-order valence-corrected chi connectivity index (χ4v) is 4.26. The minimum absolute atomic E-state index is 0.0567. The third-order valence-corrected chi connectivity index (χ3v) is 6.00. The molecule has 1 aromatic carbocycles. The molecule has 1 aliphatic heterocycles. The molecule has 0 radical (unpaired) electrons. The van der Waals surface area contributed by atoms with Crippen LogP contribution in [0.2, 0.25) is 0 Å². The van der Waals surface area contributed by atoms with Gasteiger partial charge in [0, 0.05) is 24.4 Å². The maximum atomic E-state index is 13.0.